The molecule has 3 atom stereocenters. The largest absolute Gasteiger partial charge is 0.480 e. The van der Waals surface area contributed by atoms with Crippen LogP contribution in [0.15, 0.2) is 4.99 Å². The van der Waals surface area contributed by atoms with Crippen molar-refractivity contribution in [1.82, 2.24) is 15.7 Å². The normalized spacial score (nSPS) is 21.0. The molecule has 1 aliphatic heterocycles. The number of nitrogens with zero attached hydrogens (tertiary/aromatic N) is 2. The molecule has 0 aliphatic carbocycles. The zero-order valence-corrected chi connectivity index (χ0v) is 13.7. The standard InChI is InChI=1S/C13H25N7O5/c14-10(21)8-4-3-7(6-18-8)20(25)13(24)19-9(11(22)23)2-1-5-17-12(15)16/h7-9,18,25H,1-6H2,(H2,14,21)(H,19,24)(H,22,23)(H4,15,16,17). The van der Waals surface area contributed by atoms with Crippen molar-refractivity contribution in [2.75, 3.05) is 13.1 Å². The molecule has 12 heteroatoms. The molecule has 25 heavy (non-hydrogen) atoms. The fourth-order valence-electron chi connectivity index (χ4n) is 2.44. The molecule has 0 aromatic rings. The molecule has 142 valence electrons. The van der Waals surface area contributed by atoms with E-state index in [1.165, 1.54) is 0 Å². The molecule has 0 spiro atoms. The fraction of sp³-hybridized carbons (Fsp3) is 0.692. The molecule has 0 saturated carbocycles. The maximum Gasteiger partial charge on any atom is 0.342 e. The van der Waals surface area contributed by atoms with E-state index in [4.69, 9.17) is 22.3 Å². The number of carbonyl (C=O) groups is 3. The van der Waals surface area contributed by atoms with E-state index in [9.17, 15) is 19.6 Å². The number of rotatable bonds is 8. The second kappa shape index (κ2) is 9.64. The van der Waals surface area contributed by atoms with Gasteiger partial charge in [-0.2, -0.15) is 0 Å². The molecule has 0 bridgehead atoms. The Morgan fingerprint density at radius 3 is 2.44 bits per heavy atom. The van der Waals surface area contributed by atoms with Crippen LogP contribution in [-0.2, 0) is 9.59 Å². The fourth-order valence-corrected chi connectivity index (χ4v) is 2.44. The number of carboxylic acids is 1. The minimum Gasteiger partial charge on any atom is -0.480 e. The number of aliphatic carboxylic acids is 1. The van der Waals surface area contributed by atoms with Gasteiger partial charge in [-0.15, -0.1) is 0 Å². The third-order valence-corrected chi connectivity index (χ3v) is 3.83. The van der Waals surface area contributed by atoms with E-state index in [-0.39, 0.29) is 25.5 Å². The Labute approximate surface area is 144 Å². The average molecular weight is 359 g/mol. The van der Waals surface area contributed by atoms with Gasteiger partial charge in [0.05, 0.1) is 12.1 Å². The Morgan fingerprint density at radius 2 is 1.96 bits per heavy atom. The lowest BCUT2D eigenvalue weighted by Crippen LogP contribution is -2.57. The van der Waals surface area contributed by atoms with E-state index >= 15 is 0 Å². The molecule has 1 saturated heterocycles. The van der Waals surface area contributed by atoms with Gasteiger partial charge in [0.1, 0.15) is 6.04 Å². The number of hydroxylamine groups is 2. The highest BCUT2D eigenvalue weighted by Crippen LogP contribution is 2.13. The Morgan fingerprint density at radius 1 is 1.28 bits per heavy atom. The minimum absolute atomic E-state index is 0.0956. The number of carboxylic acid groups (broad SMARTS) is 1. The first-order chi connectivity index (χ1) is 11.7. The Balaban J connectivity index is 2.49. The van der Waals surface area contributed by atoms with Crippen LogP contribution in [0.1, 0.15) is 25.7 Å². The van der Waals surface area contributed by atoms with E-state index < -0.39 is 36.0 Å². The third-order valence-electron chi connectivity index (χ3n) is 3.83. The molecular formula is C13H25N7O5. The van der Waals surface area contributed by atoms with Crippen LogP contribution in [0.2, 0.25) is 0 Å². The summed E-state index contributed by atoms with van der Waals surface area (Å²) in [4.78, 5) is 38.0. The van der Waals surface area contributed by atoms with Crippen LogP contribution >= 0.6 is 0 Å². The molecule has 1 rings (SSSR count). The molecule has 3 unspecified atom stereocenters. The predicted octanol–water partition coefficient (Wildman–Crippen LogP) is -2.50. The molecule has 12 nitrogen and oxygen atoms in total. The van der Waals surface area contributed by atoms with Gasteiger partial charge in [0.15, 0.2) is 5.96 Å². The number of hydrogen-bond donors (Lipinski definition) is 7. The van der Waals surface area contributed by atoms with Crippen LogP contribution in [0.5, 0.6) is 0 Å². The molecule has 1 aliphatic rings. The maximum absolute atomic E-state index is 12.0. The molecule has 1 heterocycles. The third kappa shape index (κ3) is 6.81. The Kier molecular flexibility index (Phi) is 7.88. The highest BCUT2D eigenvalue weighted by atomic mass is 16.5. The van der Waals surface area contributed by atoms with Crippen LogP contribution in [0.4, 0.5) is 4.79 Å². The van der Waals surface area contributed by atoms with Crippen molar-refractivity contribution in [1.29, 1.82) is 0 Å². The summed E-state index contributed by atoms with van der Waals surface area (Å²) < 4.78 is 0. The summed E-state index contributed by atoms with van der Waals surface area (Å²) in [5, 5.41) is 24.6. The van der Waals surface area contributed by atoms with Crippen LogP contribution in [-0.4, -0.2) is 70.5 Å². The number of nitrogens with one attached hydrogen (secondary N) is 2. The summed E-state index contributed by atoms with van der Waals surface area (Å²) in [6, 6.07) is -3.22. The SMILES string of the molecule is NC(=O)C1CCC(N(O)C(=O)NC(CCCN=C(N)N)C(=O)O)CN1. The molecule has 1 fully saturated rings. The minimum atomic E-state index is -1.23. The van der Waals surface area contributed by atoms with Crippen LogP contribution in [0.25, 0.3) is 0 Å². The van der Waals surface area contributed by atoms with Gasteiger partial charge in [-0.05, 0) is 25.7 Å². The van der Waals surface area contributed by atoms with Gasteiger partial charge in [-0.25, -0.2) is 14.7 Å². The summed E-state index contributed by atoms with van der Waals surface area (Å²) in [5.41, 5.74) is 15.5. The van der Waals surface area contributed by atoms with Crippen molar-refractivity contribution in [3.8, 4) is 0 Å². The van der Waals surface area contributed by atoms with Crippen molar-refractivity contribution in [2.24, 2.45) is 22.2 Å². The highest BCUT2D eigenvalue weighted by molar-refractivity contribution is 5.82. The van der Waals surface area contributed by atoms with Crippen molar-refractivity contribution < 1.29 is 24.7 Å². The van der Waals surface area contributed by atoms with Gasteiger partial charge in [-0.1, -0.05) is 0 Å². The zero-order chi connectivity index (χ0) is 19.0. The Hall–Kier alpha value is -2.60. The van der Waals surface area contributed by atoms with Crippen LogP contribution in [0, 0.1) is 0 Å². The van der Waals surface area contributed by atoms with E-state index in [0.29, 0.717) is 24.3 Å². The van der Waals surface area contributed by atoms with Crippen molar-refractivity contribution in [3.63, 3.8) is 0 Å². The Bertz CT molecular complexity index is 515. The van der Waals surface area contributed by atoms with Crippen LogP contribution in [0.3, 0.4) is 0 Å². The van der Waals surface area contributed by atoms with E-state index in [1.807, 2.05) is 0 Å². The second-order valence-electron chi connectivity index (χ2n) is 5.73. The van der Waals surface area contributed by atoms with Crippen molar-refractivity contribution in [3.05, 3.63) is 0 Å². The molecule has 3 amide bonds. The predicted molar refractivity (Wildman–Crippen MR) is 87.5 cm³/mol. The second-order valence-corrected chi connectivity index (χ2v) is 5.73. The monoisotopic (exact) mass is 359 g/mol. The lowest BCUT2D eigenvalue weighted by Gasteiger charge is -2.33. The van der Waals surface area contributed by atoms with Gasteiger partial charge in [0, 0.05) is 13.1 Å². The van der Waals surface area contributed by atoms with Gasteiger partial charge < -0.3 is 32.9 Å². The molecular weight excluding hydrogens is 334 g/mol. The van der Waals surface area contributed by atoms with E-state index in [1.54, 1.807) is 0 Å². The summed E-state index contributed by atoms with van der Waals surface area (Å²) in [7, 11) is 0. The van der Waals surface area contributed by atoms with Crippen molar-refractivity contribution >= 4 is 23.9 Å². The lowest BCUT2D eigenvalue weighted by atomic mass is 10.0. The first-order valence-corrected chi connectivity index (χ1v) is 7.81. The number of guanidine groups is 1. The number of hydrogen-bond acceptors (Lipinski definition) is 6. The van der Waals surface area contributed by atoms with E-state index in [0.717, 1.165) is 0 Å². The number of amides is 3. The first-order valence-electron chi connectivity index (χ1n) is 7.81. The zero-order valence-electron chi connectivity index (χ0n) is 13.7. The number of urea groups is 1. The summed E-state index contributed by atoms with van der Waals surface area (Å²) in [6.07, 6.45) is 1.15. The number of primary amides is 1. The number of aliphatic imine (C=N–C) groups is 1. The van der Waals surface area contributed by atoms with Crippen LogP contribution < -0.4 is 27.8 Å². The smallest absolute Gasteiger partial charge is 0.342 e. The first kappa shape index (κ1) is 20.4. The number of carbonyl (C=O) groups excluding carboxylic acids is 2. The summed E-state index contributed by atoms with van der Waals surface area (Å²) in [5.74, 6) is -1.84. The lowest BCUT2D eigenvalue weighted by molar-refractivity contribution is -0.140. The maximum atomic E-state index is 12.0. The molecule has 0 aromatic carbocycles. The molecule has 0 radical (unpaired) electrons. The number of nitrogens with two attached hydrogens (primary N) is 3. The average Bonchev–Trinajstić information content (AvgIpc) is 2.56. The van der Waals surface area contributed by atoms with E-state index in [2.05, 4.69) is 15.6 Å². The topological polar surface area (TPSA) is 209 Å². The summed E-state index contributed by atoms with van der Waals surface area (Å²) in [6.45, 7) is 0.394. The van der Waals surface area contributed by atoms with Crippen molar-refractivity contribution in [2.45, 2.75) is 43.8 Å². The summed E-state index contributed by atoms with van der Waals surface area (Å²) >= 11 is 0. The molecule has 10 N–H and O–H groups in total. The highest BCUT2D eigenvalue weighted by Gasteiger charge is 2.31. The van der Waals surface area contributed by atoms with Gasteiger partial charge in [0.2, 0.25) is 5.91 Å². The van der Waals surface area contributed by atoms with Gasteiger partial charge in [0.25, 0.3) is 0 Å². The number of piperidine rings is 1. The van der Waals surface area contributed by atoms with Gasteiger partial charge in [-0.3, -0.25) is 15.0 Å². The van der Waals surface area contributed by atoms with Gasteiger partial charge >= 0.3 is 12.0 Å². The molecule has 0 aromatic heterocycles. The quantitative estimate of drug-likeness (QED) is 0.0807.